The highest BCUT2D eigenvalue weighted by Crippen LogP contribution is 2.15. The molecule has 0 aliphatic rings. The van der Waals surface area contributed by atoms with Gasteiger partial charge in [-0.25, -0.2) is 0 Å². The van der Waals surface area contributed by atoms with Crippen molar-refractivity contribution in [2.24, 2.45) is 0 Å². The molecule has 4 heteroatoms. The number of ether oxygens (including phenoxy) is 2. The summed E-state index contributed by atoms with van der Waals surface area (Å²) < 4.78 is 11.2. The van der Waals surface area contributed by atoms with Crippen molar-refractivity contribution < 1.29 is 19.4 Å². The fraction of sp³-hybridized carbons (Fsp3) is 0.857. The lowest BCUT2D eigenvalue weighted by molar-refractivity contribution is -0.154. The van der Waals surface area contributed by atoms with Crippen molar-refractivity contribution in [3.8, 4) is 0 Å². The van der Waals surface area contributed by atoms with Gasteiger partial charge in [-0.15, -0.1) is 0 Å². The van der Waals surface area contributed by atoms with Crippen LogP contribution in [-0.4, -0.2) is 37.0 Å². The first-order valence-electron chi connectivity index (χ1n) is 23.6. The van der Waals surface area contributed by atoms with Gasteiger partial charge in [0.1, 0.15) is 6.10 Å². The number of hydrogen-bond acceptors (Lipinski definition) is 4. The van der Waals surface area contributed by atoms with Gasteiger partial charge in [-0.05, 0) is 70.6 Å². The number of hydrogen-bond donors (Lipinski definition) is 1. The third-order valence-electron chi connectivity index (χ3n) is 10.4. The second-order valence-corrected chi connectivity index (χ2v) is 15.8. The molecule has 0 rings (SSSR count). The molecule has 1 unspecified atom stereocenters. The number of rotatable bonds is 44. The zero-order valence-corrected chi connectivity index (χ0v) is 35.8. The van der Waals surface area contributed by atoms with Crippen LogP contribution >= 0.6 is 0 Å². The van der Waals surface area contributed by atoms with E-state index in [0.29, 0.717) is 19.6 Å². The van der Waals surface area contributed by atoms with Crippen LogP contribution in [0.4, 0.5) is 0 Å². The Morgan fingerprint density at radius 1 is 0.453 bits per heavy atom. The van der Waals surface area contributed by atoms with Crippen molar-refractivity contribution in [3.05, 3.63) is 36.5 Å². The van der Waals surface area contributed by atoms with Gasteiger partial charge in [0.15, 0.2) is 0 Å². The highest BCUT2D eigenvalue weighted by atomic mass is 16.6. The van der Waals surface area contributed by atoms with Gasteiger partial charge in [0.2, 0.25) is 0 Å². The lowest BCUT2D eigenvalue weighted by Crippen LogP contribution is -2.27. The summed E-state index contributed by atoms with van der Waals surface area (Å²) in [5, 5.41) is 9.61. The molecular formula is C49H92O4. The van der Waals surface area contributed by atoms with Crippen LogP contribution in [-0.2, 0) is 14.3 Å². The maximum Gasteiger partial charge on any atom is 0.306 e. The number of aliphatic hydroxyl groups is 1. The largest absolute Gasteiger partial charge is 0.457 e. The molecule has 0 spiro atoms. The maximum absolute atomic E-state index is 12.2. The zero-order chi connectivity index (χ0) is 38.4. The van der Waals surface area contributed by atoms with E-state index in [1.165, 1.54) is 186 Å². The highest BCUT2D eigenvalue weighted by molar-refractivity contribution is 5.69. The number of allylic oxidation sites excluding steroid dienone is 6. The zero-order valence-electron chi connectivity index (χ0n) is 35.8. The number of esters is 1. The van der Waals surface area contributed by atoms with Crippen molar-refractivity contribution >= 4 is 5.97 Å². The van der Waals surface area contributed by atoms with E-state index in [-0.39, 0.29) is 12.6 Å². The van der Waals surface area contributed by atoms with Gasteiger partial charge in [-0.1, -0.05) is 204 Å². The third kappa shape index (κ3) is 44.9. The SMILES string of the molecule is CCCCC/C=C\C/C=C\CCCCCCCC(=O)OC(CO)COCCCCCCCCCCCCCCCC/C=C\CCCCCCCCCC. The first-order chi connectivity index (χ1) is 26.2. The van der Waals surface area contributed by atoms with Gasteiger partial charge in [0, 0.05) is 13.0 Å². The lowest BCUT2D eigenvalue weighted by Gasteiger charge is -2.15. The van der Waals surface area contributed by atoms with Gasteiger partial charge >= 0.3 is 5.97 Å². The van der Waals surface area contributed by atoms with Crippen LogP contribution in [0.5, 0.6) is 0 Å². The summed E-state index contributed by atoms with van der Waals surface area (Å²) in [6.45, 7) is 5.33. The predicted molar refractivity (Wildman–Crippen MR) is 233 cm³/mol. The Labute approximate surface area is 331 Å². The van der Waals surface area contributed by atoms with Crippen LogP contribution in [0.3, 0.4) is 0 Å². The molecule has 0 aromatic heterocycles. The van der Waals surface area contributed by atoms with E-state index in [1.54, 1.807) is 0 Å². The first kappa shape index (κ1) is 51.6. The first-order valence-corrected chi connectivity index (χ1v) is 23.6. The van der Waals surface area contributed by atoms with Crippen LogP contribution in [0.2, 0.25) is 0 Å². The van der Waals surface area contributed by atoms with Crippen LogP contribution in [0.1, 0.15) is 245 Å². The summed E-state index contributed by atoms with van der Waals surface area (Å²) in [5.41, 5.74) is 0. The van der Waals surface area contributed by atoms with Gasteiger partial charge < -0.3 is 14.6 Å². The topological polar surface area (TPSA) is 55.8 Å². The summed E-state index contributed by atoms with van der Waals surface area (Å²) >= 11 is 0. The van der Waals surface area contributed by atoms with E-state index < -0.39 is 6.10 Å². The monoisotopic (exact) mass is 745 g/mol. The van der Waals surface area contributed by atoms with E-state index >= 15 is 0 Å². The van der Waals surface area contributed by atoms with Gasteiger partial charge in [0.05, 0.1) is 13.2 Å². The molecule has 0 aromatic rings. The van der Waals surface area contributed by atoms with Crippen LogP contribution < -0.4 is 0 Å². The van der Waals surface area contributed by atoms with E-state index in [0.717, 1.165) is 38.5 Å². The molecule has 1 N–H and O–H groups in total. The average molecular weight is 745 g/mol. The van der Waals surface area contributed by atoms with Crippen molar-refractivity contribution in [3.63, 3.8) is 0 Å². The third-order valence-corrected chi connectivity index (χ3v) is 10.4. The van der Waals surface area contributed by atoms with Crippen molar-refractivity contribution in [1.82, 2.24) is 0 Å². The standard InChI is InChI=1S/C49H92O4/c1-3-5-7-9-11-13-15-17-19-20-21-22-23-24-25-26-27-28-29-31-33-35-37-39-41-43-45-52-47-48(46-50)53-49(51)44-42-40-38-36-34-32-30-18-16-14-12-10-8-6-4-2/h12,14,18,20-21,30,48,50H,3-11,13,15-17,19,22-29,31-47H2,1-2H3/b14-12-,21-20-,30-18-. The summed E-state index contributed by atoms with van der Waals surface area (Å²) in [4.78, 5) is 12.2. The van der Waals surface area contributed by atoms with E-state index in [2.05, 4.69) is 50.3 Å². The molecular weight excluding hydrogens is 653 g/mol. The van der Waals surface area contributed by atoms with Crippen LogP contribution in [0.15, 0.2) is 36.5 Å². The van der Waals surface area contributed by atoms with Crippen LogP contribution in [0.25, 0.3) is 0 Å². The summed E-state index contributed by atoms with van der Waals surface area (Å²) in [5.74, 6) is -0.212. The van der Waals surface area contributed by atoms with E-state index in [1.807, 2.05) is 0 Å². The minimum Gasteiger partial charge on any atom is -0.457 e. The van der Waals surface area contributed by atoms with E-state index in [4.69, 9.17) is 9.47 Å². The highest BCUT2D eigenvalue weighted by Gasteiger charge is 2.13. The number of unbranched alkanes of at least 4 members (excludes halogenated alkanes) is 30. The van der Waals surface area contributed by atoms with Crippen molar-refractivity contribution in [2.75, 3.05) is 19.8 Å². The number of aliphatic hydroxyl groups excluding tert-OH is 1. The van der Waals surface area contributed by atoms with Gasteiger partial charge in [0.25, 0.3) is 0 Å². The Kier molecular flexibility index (Phi) is 45.5. The Hall–Kier alpha value is -1.39. The molecule has 0 aromatic carbocycles. The molecule has 53 heavy (non-hydrogen) atoms. The Morgan fingerprint density at radius 3 is 1.23 bits per heavy atom. The minimum absolute atomic E-state index is 0.175. The molecule has 0 aliphatic heterocycles. The minimum atomic E-state index is -0.540. The molecule has 0 bridgehead atoms. The Bertz CT molecular complexity index is 787. The van der Waals surface area contributed by atoms with Crippen LogP contribution in [0, 0.1) is 0 Å². The molecule has 0 aliphatic carbocycles. The van der Waals surface area contributed by atoms with E-state index in [9.17, 15) is 9.90 Å². The van der Waals surface area contributed by atoms with Crippen molar-refractivity contribution in [2.45, 2.75) is 251 Å². The predicted octanol–water partition coefficient (Wildman–Crippen LogP) is 15.7. The second kappa shape index (κ2) is 46.8. The molecule has 0 saturated carbocycles. The molecule has 0 radical (unpaired) electrons. The molecule has 1 atom stereocenters. The normalized spacial score (nSPS) is 12.6. The fourth-order valence-electron chi connectivity index (χ4n) is 6.88. The number of carbonyl (C=O) groups is 1. The Balaban J connectivity index is 3.38. The molecule has 0 fully saturated rings. The summed E-state index contributed by atoms with van der Waals surface area (Å²) in [6, 6.07) is 0. The molecule has 312 valence electrons. The smallest absolute Gasteiger partial charge is 0.306 e. The quantitative estimate of drug-likeness (QED) is 0.0383. The second-order valence-electron chi connectivity index (χ2n) is 15.8. The fourth-order valence-corrected chi connectivity index (χ4v) is 6.88. The summed E-state index contributed by atoms with van der Waals surface area (Å²) in [7, 11) is 0. The molecule has 0 amide bonds. The Morgan fingerprint density at radius 2 is 0.792 bits per heavy atom. The number of carbonyl (C=O) groups excluding carboxylic acids is 1. The van der Waals surface area contributed by atoms with Crippen molar-refractivity contribution in [1.29, 1.82) is 0 Å². The molecule has 0 saturated heterocycles. The van der Waals surface area contributed by atoms with Gasteiger partial charge in [-0.3, -0.25) is 4.79 Å². The molecule has 4 nitrogen and oxygen atoms in total. The average Bonchev–Trinajstić information content (AvgIpc) is 3.16. The maximum atomic E-state index is 12.2. The molecule has 0 heterocycles. The summed E-state index contributed by atoms with van der Waals surface area (Å²) in [6.07, 6.45) is 59.4. The van der Waals surface area contributed by atoms with Gasteiger partial charge in [-0.2, -0.15) is 0 Å². The lowest BCUT2D eigenvalue weighted by atomic mass is 10.0.